The molecule has 28 heavy (non-hydrogen) atoms. The van der Waals surface area contributed by atoms with Crippen LogP contribution in [0.3, 0.4) is 0 Å². The van der Waals surface area contributed by atoms with Crippen molar-refractivity contribution in [2.75, 3.05) is 13.7 Å². The van der Waals surface area contributed by atoms with Gasteiger partial charge in [0.1, 0.15) is 0 Å². The Bertz CT molecular complexity index is 1090. The van der Waals surface area contributed by atoms with Crippen LogP contribution in [0, 0.1) is 0 Å². The van der Waals surface area contributed by atoms with Crippen LogP contribution >= 0.6 is 0 Å². The third-order valence-electron chi connectivity index (χ3n) is 4.88. The molecule has 2 heterocycles. The van der Waals surface area contributed by atoms with E-state index in [1.165, 1.54) is 29.1 Å². The van der Waals surface area contributed by atoms with Gasteiger partial charge in [-0.05, 0) is 64.7 Å². The Morgan fingerprint density at radius 1 is 0.893 bits per heavy atom. The van der Waals surface area contributed by atoms with E-state index in [4.69, 9.17) is 5.11 Å². The maximum Gasteiger partial charge on any atom is 0.309 e. The highest BCUT2D eigenvalue weighted by molar-refractivity contribution is 5.82. The van der Waals surface area contributed by atoms with Crippen molar-refractivity contribution in [3.05, 3.63) is 72.1 Å². The van der Waals surface area contributed by atoms with E-state index in [0.29, 0.717) is 6.42 Å². The van der Waals surface area contributed by atoms with E-state index in [2.05, 4.69) is 38.1 Å². The molecule has 0 spiro atoms. The summed E-state index contributed by atoms with van der Waals surface area (Å²) in [6.07, 6.45) is 5.13. The molecular formula is C23H26N2O3. The van der Waals surface area contributed by atoms with Crippen LogP contribution in [0.5, 0.6) is 0 Å². The fourth-order valence-electron chi connectivity index (χ4n) is 3.30. The summed E-state index contributed by atoms with van der Waals surface area (Å²) in [5.74, 6) is -0.203. The van der Waals surface area contributed by atoms with Gasteiger partial charge in [-0.2, -0.15) is 0 Å². The Hall–Kier alpha value is -3.05. The number of benzene rings is 2. The van der Waals surface area contributed by atoms with Crippen LogP contribution in [-0.4, -0.2) is 33.9 Å². The first kappa shape index (κ1) is 19.7. The number of fused-ring (bicyclic) bond motifs is 2. The Morgan fingerprint density at radius 3 is 1.96 bits per heavy atom. The van der Waals surface area contributed by atoms with Gasteiger partial charge in [0.05, 0.1) is 13.5 Å². The molecule has 0 saturated heterocycles. The number of aryl methyl sites for hydroxylation is 2. The molecule has 0 aliphatic carbocycles. The first-order valence-electron chi connectivity index (χ1n) is 9.27. The van der Waals surface area contributed by atoms with E-state index in [1.807, 2.05) is 50.8 Å². The van der Waals surface area contributed by atoms with E-state index < -0.39 is 0 Å². The summed E-state index contributed by atoms with van der Waals surface area (Å²) in [5.41, 5.74) is 4.59. The van der Waals surface area contributed by atoms with E-state index in [0.717, 1.165) is 17.4 Å². The molecule has 0 saturated carbocycles. The lowest BCUT2D eigenvalue weighted by Crippen LogP contribution is -2.04. The molecule has 0 aliphatic heterocycles. The Kier molecular flexibility index (Phi) is 6.16. The average molecular weight is 378 g/mol. The molecule has 146 valence electrons. The number of carbonyl (C=O) groups excluding carboxylic acids is 1. The molecule has 0 radical (unpaired) electrons. The molecule has 0 bridgehead atoms. The van der Waals surface area contributed by atoms with Gasteiger partial charge >= 0.3 is 5.97 Å². The average Bonchev–Trinajstić information content (AvgIpc) is 3.25. The molecule has 5 heteroatoms. The van der Waals surface area contributed by atoms with Crippen molar-refractivity contribution in [3.63, 3.8) is 0 Å². The van der Waals surface area contributed by atoms with E-state index in [-0.39, 0.29) is 12.6 Å². The van der Waals surface area contributed by atoms with Crippen molar-refractivity contribution in [3.8, 4) is 0 Å². The van der Waals surface area contributed by atoms with Gasteiger partial charge in [0.25, 0.3) is 0 Å². The molecule has 0 fully saturated rings. The maximum absolute atomic E-state index is 11.1. The van der Waals surface area contributed by atoms with Gasteiger partial charge in [-0.25, -0.2) is 0 Å². The zero-order valence-electron chi connectivity index (χ0n) is 16.6. The normalized spacial score (nSPS) is 10.7. The van der Waals surface area contributed by atoms with Gasteiger partial charge in [0.15, 0.2) is 0 Å². The molecule has 4 rings (SSSR count). The number of rotatable bonds is 4. The molecule has 0 unspecified atom stereocenters. The second-order valence-corrected chi connectivity index (χ2v) is 6.87. The minimum Gasteiger partial charge on any atom is -0.469 e. The summed E-state index contributed by atoms with van der Waals surface area (Å²) in [7, 11) is 5.44. The molecule has 1 N–H and O–H groups in total. The second kappa shape index (κ2) is 8.76. The fraction of sp³-hybridized carbons (Fsp3) is 0.261. The molecular weight excluding hydrogens is 352 g/mol. The third kappa shape index (κ3) is 4.43. The smallest absolute Gasteiger partial charge is 0.309 e. The lowest BCUT2D eigenvalue weighted by molar-refractivity contribution is -0.139. The van der Waals surface area contributed by atoms with Gasteiger partial charge in [-0.1, -0.05) is 12.1 Å². The lowest BCUT2D eigenvalue weighted by Gasteiger charge is -2.01. The van der Waals surface area contributed by atoms with Crippen molar-refractivity contribution in [2.45, 2.75) is 12.8 Å². The zero-order chi connectivity index (χ0) is 20.1. The predicted octanol–water partition coefficient (Wildman–Crippen LogP) is 3.61. The number of esters is 1. The van der Waals surface area contributed by atoms with Crippen LogP contribution < -0.4 is 0 Å². The van der Waals surface area contributed by atoms with Crippen molar-refractivity contribution < 1.29 is 14.6 Å². The monoisotopic (exact) mass is 378 g/mol. The number of methoxy groups -OCH3 is 1. The number of aliphatic hydroxyl groups excluding tert-OH is 1. The second-order valence-electron chi connectivity index (χ2n) is 6.87. The minimum atomic E-state index is -0.203. The summed E-state index contributed by atoms with van der Waals surface area (Å²) in [5, 5.41) is 11.2. The van der Waals surface area contributed by atoms with Crippen molar-refractivity contribution >= 4 is 27.8 Å². The Balaban J connectivity index is 0.000000162. The van der Waals surface area contributed by atoms with Crippen LogP contribution in [0.25, 0.3) is 21.8 Å². The highest BCUT2D eigenvalue weighted by Gasteiger charge is 2.04. The third-order valence-corrected chi connectivity index (χ3v) is 4.88. The molecule has 0 atom stereocenters. The summed E-state index contributed by atoms with van der Waals surface area (Å²) in [6.45, 7) is 0.221. The number of carbonyl (C=O) groups is 1. The number of hydrogen-bond donors (Lipinski definition) is 1. The maximum atomic E-state index is 11.1. The quantitative estimate of drug-likeness (QED) is 0.552. The first-order chi connectivity index (χ1) is 13.5. The standard InChI is InChI=1S/C12H13NO2.C11H13NO/c1-13-6-5-10-7-9(3-4-11(10)13)8-12(14)15-2;1-12-6-4-10-8-9(5-7-13)2-3-11(10)12/h3-7H,8H2,1-2H3;2-4,6,8,13H,5,7H2,1H3. The SMILES string of the molecule is COC(=O)Cc1ccc2c(ccn2C)c1.Cn1ccc2cc(CCO)ccc21. The first-order valence-corrected chi connectivity index (χ1v) is 9.27. The fourth-order valence-corrected chi connectivity index (χ4v) is 3.30. The highest BCUT2D eigenvalue weighted by atomic mass is 16.5. The van der Waals surface area contributed by atoms with Crippen molar-refractivity contribution in [1.29, 1.82) is 0 Å². The number of aromatic nitrogens is 2. The lowest BCUT2D eigenvalue weighted by atomic mass is 10.1. The highest BCUT2D eigenvalue weighted by Crippen LogP contribution is 2.17. The summed E-state index contributed by atoms with van der Waals surface area (Å²) >= 11 is 0. The molecule has 5 nitrogen and oxygen atoms in total. The van der Waals surface area contributed by atoms with Crippen LogP contribution in [0.4, 0.5) is 0 Å². The number of nitrogens with zero attached hydrogens (tertiary/aromatic N) is 2. The topological polar surface area (TPSA) is 56.4 Å². The molecule has 2 aromatic heterocycles. The minimum absolute atomic E-state index is 0.203. The van der Waals surface area contributed by atoms with Crippen LogP contribution in [0.15, 0.2) is 60.9 Å². The van der Waals surface area contributed by atoms with E-state index >= 15 is 0 Å². The van der Waals surface area contributed by atoms with E-state index in [1.54, 1.807) is 0 Å². The van der Waals surface area contributed by atoms with Crippen LogP contribution in [0.2, 0.25) is 0 Å². The summed E-state index contributed by atoms with van der Waals surface area (Å²) < 4.78 is 8.78. The zero-order valence-corrected chi connectivity index (χ0v) is 16.6. The summed E-state index contributed by atoms with van der Waals surface area (Å²) in [6, 6.07) is 16.4. The number of hydrogen-bond acceptors (Lipinski definition) is 3. The van der Waals surface area contributed by atoms with Crippen LogP contribution in [-0.2, 0) is 36.5 Å². The van der Waals surface area contributed by atoms with Crippen LogP contribution in [0.1, 0.15) is 11.1 Å². The number of ether oxygens (including phenoxy) is 1. The van der Waals surface area contributed by atoms with Crippen molar-refractivity contribution in [1.82, 2.24) is 9.13 Å². The largest absolute Gasteiger partial charge is 0.469 e. The van der Waals surface area contributed by atoms with Gasteiger partial charge in [-0.3, -0.25) is 4.79 Å². The summed E-state index contributed by atoms with van der Waals surface area (Å²) in [4.78, 5) is 11.1. The molecule has 0 amide bonds. The molecule has 4 aromatic rings. The van der Waals surface area contributed by atoms with Gasteiger partial charge < -0.3 is 19.0 Å². The predicted molar refractivity (Wildman–Crippen MR) is 112 cm³/mol. The van der Waals surface area contributed by atoms with E-state index in [9.17, 15) is 4.79 Å². The van der Waals surface area contributed by atoms with Gasteiger partial charge in [0.2, 0.25) is 0 Å². The molecule has 2 aromatic carbocycles. The van der Waals surface area contributed by atoms with Gasteiger partial charge in [-0.15, -0.1) is 0 Å². The Morgan fingerprint density at radius 2 is 1.43 bits per heavy atom. The van der Waals surface area contributed by atoms with Gasteiger partial charge in [0, 0.05) is 44.1 Å². The molecule has 0 aliphatic rings. The Labute approximate surface area is 164 Å². The van der Waals surface area contributed by atoms with Crippen molar-refractivity contribution in [2.24, 2.45) is 14.1 Å². The number of aliphatic hydroxyl groups is 1.